The summed E-state index contributed by atoms with van der Waals surface area (Å²) in [4.78, 5) is 49.0. The van der Waals surface area contributed by atoms with Crippen LogP contribution in [0.4, 0.5) is 5.69 Å². The second-order valence-corrected chi connectivity index (χ2v) is 9.70. The molecule has 2 aromatic carbocycles. The molecule has 9 nitrogen and oxygen atoms in total. The lowest BCUT2D eigenvalue weighted by Gasteiger charge is -2.24. The Hall–Kier alpha value is -3.88. The maximum Gasteiger partial charge on any atom is 0.305 e. The summed E-state index contributed by atoms with van der Waals surface area (Å²) in [6.07, 6.45) is 5.00. The van der Waals surface area contributed by atoms with Gasteiger partial charge in [-0.05, 0) is 42.3 Å². The number of H-pyrrole nitrogens is 1. The number of nitrogens with one attached hydrogen (secondary N) is 2. The van der Waals surface area contributed by atoms with Gasteiger partial charge in [-0.2, -0.15) is 0 Å². The molecule has 0 saturated heterocycles. The summed E-state index contributed by atoms with van der Waals surface area (Å²) < 4.78 is 0. The molecule has 0 bridgehead atoms. The number of nitrogens with zero attached hydrogens (tertiary/aromatic N) is 3. The van der Waals surface area contributed by atoms with Crippen molar-refractivity contribution in [2.45, 2.75) is 64.6 Å². The normalized spacial score (nSPS) is 15.2. The predicted molar refractivity (Wildman–Crippen MR) is 142 cm³/mol. The highest BCUT2D eigenvalue weighted by atomic mass is 16.4. The number of para-hydroxylation sites is 2. The third-order valence-electron chi connectivity index (χ3n) is 6.74. The van der Waals surface area contributed by atoms with Gasteiger partial charge in [0, 0.05) is 31.4 Å². The molecule has 1 atom stereocenters. The zero-order valence-electron chi connectivity index (χ0n) is 21.5. The molecular formula is C28H35N5O4. The van der Waals surface area contributed by atoms with Crippen LogP contribution in [-0.4, -0.2) is 62.3 Å². The van der Waals surface area contributed by atoms with Gasteiger partial charge in [0.2, 0.25) is 5.91 Å². The number of fused-ring (bicyclic) bond motifs is 2. The van der Waals surface area contributed by atoms with Gasteiger partial charge in [-0.25, -0.2) is 4.98 Å². The number of carbonyl (C=O) groups excluding carboxylic acids is 2. The molecule has 9 heteroatoms. The Labute approximate surface area is 216 Å². The van der Waals surface area contributed by atoms with Crippen molar-refractivity contribution in [3.05, 3.63) is 59.4 Å². The lowest BCUT2D eigenvalue weighted by molar-refractivity contribution is -0.141. The first kappa shape index (κ1) is 26.2. The number of hydrogen-bond donors (Lipinski definition) is 3. The van der Waals surface area contributed by atoms with Crippen molar-refractivity contribution in [2.75, 3.05) is 18.9 Å². The molecule has 0 radical (unpaired) electrons. The molecule has 3 aromatic rings. The molecule has 1 aliphatic heterocycles. The van der Waals surface area contributed by atoms with Gasteiger partial charge in [0.25, 0.3) is 5.91 Å². The minimum Gasteiger partial charge on any atom is -0.481 e. The van der Waals surface area contributed by atoms with E-state index in [1.54, 1.807) is 35.0 Å². The van der Waals surface area contributed by atoms with Gasteiger partial charge in [0.1, 0.15) is 11.9 Å². The first-order valence-corrected chi connectivity index (χ1v) is 12.9. The Balaban J connectivity index is 1.51. The Morgan fingerprint density at radius 1 is 1.14 bits per heavy atom. The minimum atomic E-state index is -1.03. The van der Waals surface area contributed by atoms with Gasteiger partial charge >= 0.3 is 5.97 Å². The van der Waals surface area contributed by atoms with Crippen molar-refractivity contribution in [3.63, 3.8) is 0 Å². The van der Waals surface area contributed by atoms with E-state index in [-0.39, 0.29) is 18.2 Å². The van der Waals surface area contributed by atoms with Crippen LogP contribution in [0.3, 0.4) is 0 Å². The first-order chi connectivity index (χ1) is 17.9. The summed E-state index contributed by atoms with van der Waals surface area (Å²) >= 11 is 0. The van der Waals surface area contributed by atoms with Crippen molar-refractivity contribution in [1.82, 2.24) is 19.8 Å². The zero-order valence-corrected chi connectivity index (χ0v) is 21.5. The molecular weight excluding hydrogens is 470 g/mol. The van der Waals surface area contributed by atoms with E-state index in [1.807, 2.05) is 24.3 Å². The van der Waals surface area contributed by atoms with E-state index >= 15 is 0 Å². The number of imidazole rings is 1. The van der Waals surface area contributed by atoms with Crippen molar-refractivity contribution in [1.29, 1.82) is 0 Å². The first-order valence-electron chi connectivity index (χ1n) is 12.9. The molecule has 1 aliphatic rings. The minimum absolute atomic E-state index is 0.160. The standard InChI is InChI=1S/C28H35N5O4/c1-3-4-5-6-9-14-33-17-20-15-19(12-13-21(20)29-24(28(33)37)16-26(34)35)27(36)32(2)18-25-30-22-10-7-8-11-23(22)31-25/h7-8,10-13,15,24,29H,3-6,9,14,16-18H2,1-2H3,(H,30,31)(H,34,35)/t24-/m0/s1. The molecule has 0 fully saturated rings. The van der Waals surface area contributed by atoms with Crippen LogP contribution in [0, 0.1) is 0 Å². The van der Waals surface area contributed by atoms with E-state index in [0.717, 1.165) is 48.7 Å². The summed E-state index contributed by atoms with van der Waals surface area (Å²) in [6.45, 7) is 3.37. The fourth-order valence-electron chi connectivity index (χ4n) is 4.76. The van der Waals surface area contributed by atoms with Crippen molar-refractivity contribution in [3.8, 4) is 0 Å². The number of hydrogen-bond acceptors (Lipinski definition) is 5. The number of anilines is 1. The highest BCUT2D eigenvalue weighted by Crippen LogP contribution is 2.26. The van der Waals surface area contributed by atoms with Gasteiger partial charge in [-0.15, -0.1) is 0 Å². The van der Waals surface area contributed by atoms with Gasteiger partial charge in [0.05, 0.1) is 24.0 Å². The quantitative estimate of drug-likeness (QED) is 0.332. The van der Waals surface area contributed by atoms with Crippen molar-refractivity contribution in [2.24, 2.45) is 0 Å². The second-order valence-electron chi connectivity index (χ2n) is 9.70. The van der Waals surface area contributed by atoms with Crippen LogP contribution >= 0.6 is 0 Å². The number of carboxylic acids is 1. The predicted octanol–water partition coefficient (Wildman–Crippen LogP) is 4.40. The third-order valence-corrected chi connectivity index (χ3v) is 6.74. The number of carbonyl (C=O) groups is 3. The van der Waals surface area contributed by atoms with Crippen LogP contribution in [0.2, 0.25) is 0 Å². The zero-order chi connectivity index (χ0) is 26.4. The Morgan fingerprint density at radius 3 is 2.68 bits per heavy atom. The average Bonchev–Trinajstić information content (AvgIpc) is 3.24. The Morgan fingerprint density at radius 2 is 1.92 bits per heavy atom. The summed E-state index contributed by atoms with van der Waals surface area (Å²) in [5.41, 5.74) is 3.77. The van der Waals surface area contributed by atoms with Gasteiger partial charge in [-0.1, -0.05) is 44.7 Å². The number of aromatic amines is 1. The molecule has 0 unspecified atom stereocenters. The van der Waals surface area contributed by atoms with Crippen molar-refractivity contribution < 1.29 is 19.5 Å². The molecule has 1 aromatic heterocycles. The van der Waals surface area contributed by atoms with Crippen LogP contribution in [-0.2, 0) is 22.7 Å². The molecule has 37 heavy (non-hydrogen) atoms. The highest BCUT2D eigenvalue weighted by molar-refractivity contribution is 5.95. The van der Waals surface area contributed by atoms with E-state index < -0.39 is 12.0 Å². The largest absolute Gasteiger partial charge is 0.481 e. The molecule has 4 rings (SSSR count). The van der Waals surface area contributed by atoms with E-state index in [0.29, 0.717) is 36.7 Å². The van der Waals surface area contributed by atoms with Crippen LogP contribution in [0.5, 0.6) is 0 Å². The average molecular weight is 506 g/mol. The molecule has 0 saturated carbocycles. The Kier molecular flexibility index (Phi) is 8.43. The smallest absolute Gasteiger partial charge is 0.305 e. The van der Waals surface area contributed by atoms with Crippen LogP contribution in [0.1, 0.15) is 67.2 Å². The lowest BCUT2D eigenvalue weighted by Crippen LogP contribution is -2.42. The van der Waals surface area contributed by atoms with E-state index in [4.69, 9.17) is 0 Å². The van der Waals surface area contributed by atoms with Gasteiger partial charge < -0.3 is 25.2 Å². The maximum absolute atomic E-state index is 13.3. The number of aromatic nitrogens is 2. The summed E-state index contributed by atoms with van der Waals surface area (Å²) in [6, 6.07) is 12.2. The number of aliphatic carboxylic acids is 1. The van der Waals surface area contributed by atoms with Gasteiger partial charge in [-0.3, -0.25) is 14.4 Å². The summed E-state index contributed by atoms with van der Waals surface area (Å²) in [5, 5.41) is 12.5. The molecule has 3 N–H and O–H groups in total. The maximum atomic E-state index is 13.3. The molecule has 196 valence electrons. The van der Waals surface area contributed by atoms with Crippen LogP contribution in [0.15, 0.2) is 42.5 Å². The monoisotopic (exact) mass is 505 g/mol. The number of unbranched alkanes of at least 4 members (excludes halogenated alkanes) is 4. The molecule has 0 aliphatic carbocycles. The Bertz CT molecular complexity index is 1240. The fraction of sp³-hybridized carbons (Fsp3) is 0.429. The van der Waals surface area contributed by atoms with Crippen LogP contribution in [0.25, 0.3) is 11.0 Å². The number of rotatable bonds is 11. The molecule has 2 amide bonds. The highest BCUT2D eigenvalue weighted by Gasteiger charge is 2.31. The fourth-order valence-corrected chi connectivity index (χ4v) is 4.76. The topological polar surface area (TPSA) is 119 Å². The molecule has 0 spiro atoms. The van der Waals surface area contributed by atoms with Crippen LogP contribution < -0.4 is 5.32 Å². The van der Waals surface area contributed by atoms with E-state index in [9.17, 15) is 19.5 Å². The summed E-state index contributed by atoms with van der Waals surface area (Å²) in [5.74, 6) is -0.711. The SMILES string of the molecule is CCCCCCCN1Cc2cc(C(=O)N(C)Cc3nc4ccccc4[nH]3)ccc2N[C@@H](CC(=O)O)C1=O. The number of benzene rings is 2. The van der Waals surface area contributed by atoms with E-state index in [1.165, 1.54) is 0 Å². The van der Waals surface area contributed by atoms with Gasteiger partial charge in [0.15, 0.2) is 0 Å². The van der Waals surface area contributed by atoms with E-state index in [2.05, 4.69) is 22.2 Å². The summed E-state index contributed by atoms with van der Waals surface area (Å²) in [7, 11) is 1.73. The molecule has 2 heterocycles. The second kappa shape index (κ2) is 11.9. The lowest BCUT2D eigenvalue weighted by atomic mass is 10.1. The van der Waals surface area contributed by atoms with Crippen molar-refractivity contribution >= 4 is 34.5 Å². The third kappa shape index (κ3) is 6.47. The number of carboxylic acid groups (broad SMARTS) is 1. The number of amides is 2.